The summed E-state index contributed by atoms with van der Waals surface area (Å²) in [4.78, 5) is 12.9. The third-order valence-corrected chi connectivity index (χ3v) is 23.9. The highest BCUT2D eigenvalue weighted by molar-refractivity contribution is 9.10. The number of nitrogens with zero attached hydrogens (tertiary/aromatic N) is 8. The first-order chi connectivity index (χ1) is 52.9. The van der Waals surface area contributed by atoms with Crippen molar-refractivity contribution in [3.05, 3.63) is 276 Å². The van der Waals surface area contributed by atoms with E-state index in [4.69, 9.17) is 46.2 Å². The number of nitrogens with one attached hydrogen (secondary N) is 1. The van der Waals surface area contributed by atoms with Gasteiger partial charge in [0.1, 0.15) is 13.5 Å². The zero-order valence-corrected chi connectivity index (χ0v) is 67.7. The molecule has 0 atom stereocenters. The smallest absolute Gasteiger partial charge is 0.399 e. The normalized spacial score (nSPS) is 13.6. The second kappa shape index (κ2) is 33.9. The third-order valence-electron chi connectivity index (χ3n) is 19.9. The van der Waals surface area contributed by atoms with E-state index in [1.807, 2.05) is 137 Å². The summed E-state index contributed by atoms with van der Waals surface area (Å²) in [5.41, 5.74) is 34.1. The van der Waals surface area contributed by atoms with Crippen molar-refractivity contribution in [1.82, 2.24) is 44.7 Å². The van der Waals surface area contributed by atoms with Crippen molar-refractivity contribution in [2.24, 2.45) is 0 Å². The molecule has 0 amide bonds. The van der Waals surface area contributed by atoms with Gasteiger partial charge < -0.3 is 36.0 Å². The van der Waals surface area contributed by atoms with E-state index in [-0.39, 0.29) is 11.2 Å². The minimum Gasteiger partial charge on any atom is -0.399 e. The van der Waals surface area contributed by atoms with Gasteiger partial charge in [0.25, 0.3) is 0 Å². The molecule has 7 heterocycles. The third kappa shape index (κ3) is 18.7. The highest BCUT2D eigenvalue weighted by atomic mass is 79.9. The molecule has 1 aliphatic rings. The number of hydrogen-bond acceptors (Lipinski definition) is 13. The van der Waals surface area contributed by atoms with E-state index < -0.39 is 23.3 Å². The Hall–Kier alpha value is -10.9. The SMILES string of the molecule is CC1(C)OB(c2ccc3c(c2)c(/C=C/c2ccccc2)nn3COCC[Si](C)(C)C)OC1(C)C.C[Si](C)(C)CCOCn1nc(/C=C/c2ccccc2)c2cc(-c3cncc4c(N)cccc34)ccc21.Nc1cccc2c(-c3ccc4[nH]nc(/C=C/c5ccccc5)c4c3)cncc12.Nc1cccc2c(Br)cncc12. The first kappa shape index (κ1) is 77.2. The van der Waals surface area contributed by atoms with Crippen molar-refractivity contribution < 1.29 is 18.8 Å². The Labute approximate surface area is 654 Å². The summed E-state index contributed by atoms with van der Waals surface area (Å²) in [7, 11) is -2.69. The van der Waals surface area contributed by atoms with Crippen LogP contribution in [0.25, 0.3) is 124 Å². The lowest BCUT2D eigenvalue weighted by Crippen LogP contribution is -2.41. The lowest BCUT2D eigenvalue weighted by atomic mass is 9.78. The number of hydrogen-bond donors (Lipinski definition) is 4. The van der Waals surface area contributed by atoms with Crippen LogP contribution < -0.4 is 22.7 Å². The number of ether oxygens (including phenoxy) is 2. The van der Waals surface area contributed by atoms with E-state index >= 15 is 0 Å². The van der Waals surface area contributed by atoms with Crippen LogP contribution in [0, 0.1) is 0 Å². The molecule has 15 aromatic rings. The fraction of sp³-hybridized carbons (Fsp3) is 0.200. The van der Waals surface area contributed by atoms with Crippen molar-refractivity contribution in [3.63, 3.8) is 0 Å². The van der Waals surface area contributed by atoms with Crippen molar-refractivity contribution in [3.8, 4) is 22.3 Å². The number of benzene rings is 9. The van der Waals surface area contributed by atoms with E-state index in [1.54, 1.807) is 12.4 Å². The predicted molar refractivity (Wildman–Crippen MR) is 470 cm³/mol. The summed E-state index contributed by atoms with van der Waals surface area (Å²) >= 11 is 3.41. The Balaban J connectivity index is 0.000000135. The molecule has 16 nitrogen and oxygen atoms in total. The van der Waals surface area contributed by atoms with Gasteiger partial charge in [-0.05, 0) is 167 Å². The van der Waals surface area contributed by atoms with Gasteiger partial charge in [0.2, 0.25) is 0 Å². The fourth-order valence-corrected chi connectivity index (χ4v) is 14.8. The second-order valence-electron chi connectivity index (χ2n) is 31.0. The number of pyridine rings is 3. The van der Waals surface area contributed by atoms with Gasteiger partial charge in [0.05, 0.1) is 44.8 Å². The summed E-state index contributed by atoms with van der Waals surface area (Å²) in [5, 5.41) is 26.8. The number of anilines is 3. The molecule has 0 radical (unpaired) electrons. The maximum Gasteiger partial charge on any atom is 0.494 e. The molecule has 0 aliphatic carbocycles. The van der Waals surface area contributed by atoms with Gasteiger partial charge in [-0.2, -0.15) is 15.3 Å². The number of aromatic amines is 1. The molecule has 7 N–H and O–H groups in total. The monoisotopic (exact) mass is 1550 g/mol. The van der Waals surface area contributed by atoms with Crippen LogP contribution in [-0.2, 0) is 32.2 Å². The predicted octanol–water partition coefficient (Wildman–Crippen LogP) is 21.2. The molecule has 0 bridgehead atoms. The molecule has 1 saturated heterocycles. The minimum atomic E-state index is -1.15. The van der Waals surface area contributed by atoms with Crippen molar-refractivity contribution >= 4 is 163 Å². The van der Waals surface area contributed by atoms with E-state index in [9.17, 15) is 0 Å². The van der Waals surface area contributed by atoms with Gasteiger partial charge in [0, 0.05) is 137 Å². The van der Waals surface area contributed by atoms with Gasteiger partial charge in [-0.3, -0.25) is 20.1 Å². The van der Waals surface area contributed by atoms with E-state index in [2.05, 4.69) is 242 Å². The van der Waals surface area contributed by atoms with Gasteiger partial charge in [-0.25, -0.2) is 9.36 Å². The first-order valence-electron chi connectivity index (χ1n) is 37.2. The van der Waals surface area contributed by atoms with Gasteiger partial charge in [-0.15, -0.1) is 0 Å². The van der Waals surface area contributed by atoms with Gasteiger partial charge in [0.15, 0.2) is 0 Å². The lowest BCUT2D eigenvalue weighted by molar-refractivity contribution is 0.00578. The highest BCUT2D eigenvalue weighted by Gasteiger charge is 2.52. The number of nitrogens with two attached hydrogens (primary N) is 3. The molecular formula is C90H94BBrN12O4Si2. The number of rotatable bonds is 19. The zero-order valence-electron chi connectivity index (χ0n) is 64.1. The number of fused-ring (bicyclic) bond motifs is 6. The van der Waals surface area contributed by atoms with Crippen LogP contribution in [0.15, 0.2) is 242 Å². The quantitative estimate of drug-likeness (QED) is 0.0337. The molecule has 0 spiro atoms. The van der Waals surface area contributed by atoms with Crippen LogP contribution in [0.2, 0.25) is 51.4 Å². The fourth-order valence-electron chi connectivity index (χ4n) is 12.8. The molecular weight excluding hydrogens is 1460 g/mol. The van der Waals surface area contributed by atoms with Crippen LogP contribution in [0.4, 0.5) is 17.1 Å². The van der Waals surface area contributed by atoms with Crippen molar-refractivity contribution in [2.45, 2.75) is 104 Å². The largest absolute Gasteiger partial charge is 0.494 e. The van der Waals surface area contributed by atoms with E-state index in [0.29, 0.717) is 13.5 Å². The summed E-state index contributed by atoms with van der Waals surface area (Å²) in [5.74, 6) is 0. The molecule has 1 fully saturated rings. The summed E-state index contributed by atoms with van der Waals surface area (Å²) in [6, 6.07) is 69.9. The topological polar surface area (TPSA) is 218 Å². The Bertz CT molecular complexity index is 5760. The maximum atomic E-state index is 6.30. The summed E-state index contributed by atoms with van der Waals surface area (Å²) in [6.45, 7) is 24.9. The molecule has 110 heavy (non-hydrogen) atoms. The molecule has 9 aromatic carbocycles. The number of halogens is 1. The average molecular weight is 1550 g/mol. The highest BCUT2D eigenvalue weighted by Crippen LogP contribution is 2.39. The molecule has 20 heteroatoms. The molecule has 0 saturated carbocycles. The average Bonchev–Trinajstić information content (AvgIpc) is 1.51. The maximum absolute atomic E-state index is 6.30. The Morgan fingerprint density at radius 2 is 0.836 bits per heavy atom. The van der Waals surface area contributed by atoms with Gasteiger partial charge in [-0.1, -0.05) is 209 Å². The lowest BCUT2D eigenvalue weighted by Gasteiger charge is -2.32. The molecule has 6 aromatic heterocycles. The Morgan fingerprint density at radius 1 is 0.427 bits per heavy atom. The van der Waals surface area contributed by atoms with Gasteiger partial charge >= 0.3 is 7.12 Å². The number of aromatic nitrogens is 9. The number of H-pyrrole nitrogens is 1. The zero-order chi connectivity index (χ0) is 77.2. The van der Waals surface area contributed by atoms with Crippen LogP contribution in [0.3, 0.4) is 0 Å². The molecule has 1 aliphatic heterocycles. The summed E-state index contributed by atoms with van der Waals surface area (Å²) < 4.78 is 29.6. The standard InChI is InChI=1S/C30H32N4OSi.C27H37BN2O3Si.C24H18N4.C9H7BrN2/c1-36(2,3)17-16-35-21-34-30-15-13-23(26-19-32-20-27-24(26)10-7-11-28(27)31)18-25(30)29(33-34)14-12-22-8-5-4-6-9-22;1-26(2)27(3,4)33-28(32-26)22-14-16-25-23(19-22)24(15-13-21-11-9-8-10-12-21)29-30(25)20-31-17-18-34(5,6)7;25-22-8-4-7-18-20(14-26-15-21(18)22)17-10-12-24-19(13-17)23(27-28-24)11-9-16-5-2-1-3-6-16;10-8-5-12-4-7-6(8)2-1-3-9(7)11/h4-15,18-20H,16-17,21,31H2,1-3H3;8-16,19H,17-18,20H2,1-7H3;1-15H,25H2,(H,27,28);1-5H,11H2/b14-12+;15-13+;11-9+;. The molecule has 16 rings (SSSR count). The first-order valence-corrected chi connectivity index (χ1v) is 45.4. The van der Waals surface area contributed by atoms with Crippen LogP contribution in [-0.4, -0.2) is 92.4 Å². The van der Waals surface area contributed by atoms with Crippen molar-refractivity contribution in [2.75, 3.05) is 30.4 Å². The Morgan fingerprint density at radius 3 is 1.30 bits per heavy atom. The van der Waals surface area contributed by atoms with E-state index in [0.717, 1.165) is 173 Å². The minimum absolute atomic E-state index is 0.378. The van der Waals surface area contributed by atoms with E-state index in [1.165, 1.54) is 0 Å². The molecule has 556 valence electrons. The number of nitrogen functional groups attached to an aromatic ring is 3. The summed E-state index contributed by atoms with van der Waals surface area (Å²) in [6.07, 6.45) is 23.5. The van der Waals surface area contributed by atoms with Crippen LogP contribution in [0.1, 0.15) is 61.5 Å². The van der Waals surface area contributed by atoms with Crippen LogP contribution in [0.5, 0.6) is 0 Å². The Kier molecular flexibility index (Phi) is 23.8. The second-order valence-corrected chi connectivity index (χ2v) is 43.1. The molecule has 0 unspecified atom stereocenters. The van der Waals surface area contributed by atoms with Crippen LogP contribution >= 0.6 is 15.9 Å². The van der Waals surface area contributed by atoms with Crippen molar-refractivity contribution in [1.29, 1.82) is 0 Å².